The number of methoxy groups -OCH3 is 1. The van der Waals surface area contributed by atoms with Crippen LogP contribution in [0.15, 0.2) is 42.5 Å². The lowest BCUT2D eigenvalue weighted by Crippen LogP contribution is -2.42. The van der Waals surface area contributed by atoms with Crippen molar-refractivity contribution in [3.63, 3.8) is 0 Å². The van der Waals surface area contributed by atoms with E-state index in [1.807, 2.05) is 32.0 Å². The highest BCUT2D eigenvalue weighted by molar-refractivity contribution is 5.82. The van der Waals surface area contributed by atoms with Crippen LogP contribution >= 0.6 is 0 Å². The molecule has 2 bridgehead atoms. The van der Waals surface area contributed by atoms with Gasteiger partial charge in [0.1, 0.15) is 12.4 Å². The third-order valence-electron chi connectivity index (χ3n) is 5.88. The Bertz CT molecular complexity index is 992. The van der Waals surface area contributed by atoms with Gasteiger partial charge >= 0.3 is 0 Å². The summed E-state index contributed by atoms with van der Waals surface area (Å²) in [5, 5.41) is 0. The molecule has 1 aliphatic rings. The third-order valence-corrected chi connectivity index (χ3v) is 5.88. The number of carbonyl (C=O) groups is 2. The molecule has 3 rings (SSSR count). The van der Waals surface area contributed by atoms with Crippen molar-refractivity contribution in [2.45, 2.75) is 39.7 Å². The lowest BCUT2D eigenvalue weighted by Gasteiger charge is -2.30. The monoisotopic (exact) mass is 456 g/mol. The van der Waals surface area contributed by atoms with E-state index in [4.69, 9.17) is 9.47 Å². The van der Waals surface area contributed by atoms with Gasteiger partial charge in [0.15, 0.2) is 11.5 Å². The van der Waals surface area contributed by atoms with Crippen molar-refractivity contribution in [1.82, 2.24) is 9.80 Å². The number of benzene rings is 2. The molecule has 0 saturated heterocycles. The number of rotatable bonds is 3. The van der Waals surface area contributed by atoms with Gasteiger partial charge in [0.25, 0.3) is 0 Å². The fourth-order valence-corrected chi connectivity index (χ4v) is 3.97. The minimum absolute atomic E-state index is 0.00807. The summed E-state index contributed by atoms with van der Waals surface area (Å²) < 4.78 is 25.1. The number of hydrogen-bond donors (Lipinski definition) is 0. The molecule has 6 nitrogen and oxygen atoms in total. The van der Waals surface area contributed by atoms with E-state index < -0.39 is 5.41 Å². The first-order chi connectivity index (χ1) is 15.7. The Morgan fingerprint density at radius 2 is 1.91 bits per heavy atom. The maximum absolute atomic E-state index is 13.6. The van der Waals surface area contributed by atoms with Gasteiger partial charge in [0, 0.05) is 26.7 Å². The standard InChI is InChI=1S/C26H33FN2O4/c1-26(2)18-33-23-15-20(10-11-22(23)32-4)17-29(13-6-5-12-28(3)25(26)31)24(30)16-19-8-7-9-21(27)14-19/h7-11,14-15H,5-6,12-13,16-18H2,1-4H3. The van der Waals surface area contributed by atoms with E-state index in [9.17, 15) is 14.0 Å². The van der Waals surface area contributed by atoms with Crippen LogP contribution in [0.3, 0.4) is 0 Å². The van der Waals surface area contributed by atoms with E-state index in [1.165, 1.54) is 12.1 Å². The summed E-state index contributed by atoms with van der Waals surface area (Å²) in [5.74, 6) is 0.687. The van der Waals surface area contributed by atoms with E-state index in [0.717, 1.165) is 18.4 Å². The molecule has 7 heteroatoms. The van der Waals surface area contributed by atoms with Gasteiger partial charge in [0.05, 0.1) is 18.9 Å². The van der Waals surface area contributed by atoms with Gasteiger partial charge in [-0.05, 0) is 62.1 Å². The molecule has 33 heavy (non-hydrogen) atoms. The number of hydrogen-bond acceptors (Lipinski definition) is 4. The SMILES string of the molecule is COc1ccc2cc1OCC(C)(C)C(=O)N(C)CCCCN(C(=O)Cc1cccc(F)c1)C2. The lowest BCUT2D eigenvalue weighted by molar-refractivity contribution is -0.140. The highest BCUT2D eigenvalue weighted by Crippen LogP contribution is 2.31. The molecule has 178 valence electrons. The van der Waals surface area contributed by atoms with Crippen LogP contribution in [0.2, 0.25) is 0 Å². The maximum Gasteiger partial charge on any atom is 0.231 e. The van der Waals surface area contributed by atoms with Crippen LogP contribution in [-0.4, -0.2) is 55.5 Å². The number of halogens is 1. The molecule has 0 radical (unpaired) electrons. The Hall–Kier alpha value is -3.09. The summed E-state index contributed by atoms with van der Waals surface area (Å²) in [7, 11) is 3.36. The first-order valence-corrected chi connectivity index (χ1v) is 11.3. The van der Waals surface area contributed by atoms with Crippen molar-refractivity contribution in [2.24, 2.45) is 5.41 Å². The van der Waals surface area contributed by atoms with E-state index in [1.54, 1.807) is 36.1 Å². The summed E-state index contributed by atoms with van der Waals surface area (Å²) in [5.41, 5.74) is 0.856. The normalized spacial score (nSPS) is 17.2. The first kappa shape index (κ1) is 24.6. The number of fused-ring (bicyclic) bond motifs is 2. The van der Waals surface area contributed by atoms with Crippen LogP contribution in [-0.2, 0) is 22.6 Å². The van der Waals surface area contributed by atoms with Gasteiger partial charge in [-0.25, -0.2) is 4.39 Å². The van der Waals surface area contributed by atoms with E-state index in [2.05, 4.69) is 0 Å². The van der Waals surface area contributed by atoms with Crippen LogP contribution < -0.4 is 9.47 Å². The van der Waals surface area contributed by atoms with E-state index in [0.29, 0.717) is 36.7 Å². The Balaban J connectivity index is 1.87. The molecule has 0 saturated carbocycles. The molecule has 0 fully saturated rings. The minimum atomic E-state index is -0.688. The Morgan fingerprint density at radius 1 is 1.15 bits per heavy atom. The Labute approximate surface area is 195 Å². The van der Waals surface area contributed by atoms with E-state index >= 15 is 0 Å². The van der Waals surface area contributed by atoms with Crippen LogP contribution in [0.5, 0.6) is 11.5 Å². The molecule has 0 N–H and O–H groups in total. The number of ether oxygens (including phenoxy) is 2. The zero-order valence-corrected chi connectivity index (χ0v) is 19.9. The third kappa shape index (κ3) is 6.46. The summed E-state index contributed by atoms with van der Waals surface area (Å²) in [6.07, 6.45) is 1.66. The molecule has 1 heterocycles. The van der Waals surface area contributed by atoms with Crippen LogP contribution in [0.25, 0.3) is 0 Å². The zero-order valence-electron chi connectivity index (χ0n) is 19.9. The summed E-state index contributed by atoms with van der Waals surface area (Å²) in [4.78, 5) is 29.6. The fourth-order valence-electron chi connectivity index (χ4n) is 3.97. The average Bonchev–Trinajstić information content (AvgIpc) is 2.78. The van der Waals surface area contributed by atoms with Gasteiger partial charge in [0.2, 0.25) is 11.8 Å². The number of amides is 2. The predicted octanol–water partition coefficient (Wildman–Crippen LogP) is 4.06. The molecular formula is C26H33FN2O4. The minimum Gasteiger partial charge on any atom is -0.493 e. The van der Waals surface area contributed by atoms with Gasteiger partial charge in [-0.3, -0.25) is 9.59 Å². The van der Waals surface area contributed by atoms with Crippen molar-refractivity contribution in [3.8, 4) is 11.5 Å². The molecule has 1 aliphatic heterocycles. The Morgan fingerprint density at radius 3 is 2.64 bits per heavy atom. The molecule has 0 atom stereocenters. The van der Waals surface area contributed by atoms with Gasteiger partial charge in [-0.1, -0.05) is 18.2 Å². The number of carbonyl (C=O) groups excluding carboxylic acids is 2. The average molecular weight is 457 g/mol. The van der Waals surface area contributed by atoms with E-state index in [-0.39, 0.29) is 30.7 Å². The summed E-state index contributed by atoms with van der Waals surface area (Å²) >= 11 is 0. The quantitative estimate of drug-likeness (QED) is 0.699. The van der Waals surface area contributed by atoms with Crippen molar-refractivity contribution in [2.75, 3.05) is 33.9 Å². The largest absolute Gasteiger partial charge is 0.493 e. The second-order valence-corrected chi connectivity index (χ2v) is 9.21. The number of nitrogens with zero attached hydrogens (tertiary/aromatic N) is 2. The lowest BCUT2D eigenvalue weighted by atomic mass is 9.92. The highest BCUT2D eigenvalue weighted by atomic mass is 19.1. The second kappa shape index (κ2) is 10.7. The molecule has 0 spiro atoms. The highest BCUT2D eigenvalue weighted by Gasteiger charge is 2.32. The second-order valence-electron chi connectivity index (χ2n) is 9.21. The smallest absolute Gasteiger partial charge is 0.231 e. The molecular weight excluding hydrogens is 423 g/mol. The van der Waals surface area contributed by atoms with Crippen molar-refractivity contribution < 1.29 is 23.5 Å². The maximum atomic E-state index is 13.6. The molecule has 2 amide bonds. The molecule has 0 aromatic heterocycles. The predicted molar refractivity (Wildman–Crippen MR) is 125 cm³/mol. The fraction of sp³-hybridized carbons (Fsp3) is 0.462. The van der Waals surface area contributed by atoms with Gasteiger partial charge in [-0.2, -0.15) is 0 Å². The Kier molecular flexibility index (Phi) is 7.95. The van der Waals surface area contributed by atoms with Crippen molar-refractivity contribution in [3.05, 3.63) is 59.4 Å². The first-order valence-electron chi connectivity index (χ1n) is 11.3. The molecule has 2 aromatic rings. The molecule has 0 unspecified atom stereocenters. The van der Waals surface area contributed by atoms with Crippen molar-refractivity contribution >= 4 is 11.8 Å². The zero-order chi connectivity index (χ0) is 24.0. The van der Waals surface area contributed by atoms with Crippen LogP contribution in [0, 0.1) is 11.2 Å². The molecule has 2 aromatic carbocycles. The van der Waals surface area contributed by atoms with Crippen LogP contribution in [0.1, 0.15) is 37.8 Å². The van der Waals surface area contributed by atoms with Gasteiger partial charge < -0.3 is 19.3 Å². The summed E-state index contributed by atoms with van der Waals surface area (Å²) in [6.45, 7) is 5.51. The molecule has 0 aliphatic carbocycles. The van der Waals surface area contributed by atoms with Gasteiger partial charge in [-0.15, -0.1) is 0 Å². The van der Waals surface area contributed by atoms with Crippen molar-refractivity contribution in [1.29, 1.82) is 0 Å². The topological polar surface area (TPSA) is 59.1 Å². The summed E-state index contributed by atoms with van der Waals surface area (Å²) in [6, 6.07) is 11.7. The van der Waals surface area contributed by atoms with Crippen LogP contribution in [0.4, 0.5) is 4.39 Å².